The smallest absolute Gasteiger partial charge is 0.0439 e. The van der Waals surface area contributed by atoms with Crippen LogP contribution < -0.4 is 5.32 Å². The Kier molecular flexibility index (Phi) is 8.49. The van der Waals surface area contributed by atoms with E-state index in [9.17, 15) is 0 Å². The number of hydrogen-bond donors (Lipinski definition) is 1. The van der Waals surface area contributed by atoms with Gasteiger partial charge in [0.05, 0.1) is 0 Å². The topological polar surface area (TPSA) is 12.0 Å². The molecule has 0 heterocycles. The van der Waals surface area contributed by atoms with Gasteiger partial charge in [0.25, 0.3) is 0 Å². The zero-order chi connectivity index (χ0) is 13.2. The van der Waals surface area contributed by atoms with Crippen molar-refractivity contribution in [1.29, 1.82) is 0 Å². The Morgan fingerprint density at radius 2 is 1.78 bits per heavy atom. The van der Waals surface area contributed by atoms with Gasteiger partial charge in [-0.2, -0.15) is 0 Å². The van der Waals surface area contributed by atoms with Crippen molar-refractivity contribution >= 4 is 23.2 Å². The van der Waals surface area contributed by atoms with Crippen molar-refractivity contribution in [2.24, 2.45) is 0 Å². The number of unbranched alkanes of at least 4 members (excludes halogenated alkanes) is 3. The maximum absolute atomic E-state index is 6.12. The number of hydrogen-bond acceptors (Lipinski definition) is 1. The number of aryl methyl sites for hydroxylation is 1. The van der Waals surface area contributed by atoms with Crippen molar-refractivity contribution in [3.63, 3.8) is 0 Å². The van der Waals surface area contributed by atoms with Crippen LogP contribution in [0.1, 0.15) is 44.6 Å². The Morgan fingerprint density at radius 1 is 1.00 bits per heavy atom. The van der Waals surface area contributed by atoms with E-state index in [1.807, 2.05) is 18.2 Å². The van der Waals surface area contributed by atoms with Gasteiger partial charge in [0.15, 0.2) is 0 Å². The molecule has 0 aliphatic heterocycles. The van der Waals surface area contributed by atoms with Crippen LogP contribution >= 0.6 is 23.2 Å². The summed E-state index contributed by atoms with van der Waals surface area (Å²) in [5, 5.41) is 5.03. The monoisotopic (exact) mass is 287 g/mol. The molecule has 0 unspecified atom stereocenters. The van der Waals surface area contributed by atoms with Crippen LogP contribution in [0, 0.1) is 0 Å². The quantitative estimate of drug-likeness (QED) is 0.624. The van der Waals surface area contributed by atoms with Crippen molar-refractivity contribution in [3.8, 4) is 0 Å². The van der Waals surface area contributed by atoms with Crippen LogP contribution in [0.25, 0.3) is 0 Å². The highest BCUT2D eigenvalue weighted by molar-refractivity contribution is 6.33. The molecule has 0 fully saturated rings. The molecule has 0 aliphatic rings. The first-order valence-electron chi connectivity index (χ1n) is 6.88. The lowest BCUT2D eigenvalue weighted by molar-refractivity contribution is 0.585. The van der Waals surface area contributed by atoms with Gasteiger partial charge in [0, 0.05) is 10.0 Å². The molecule has 0 amide bonds. The van der Waals surface area contributed by atoms with Crippen molar-refractivity contribution in [2.45, 2.75) is 45.4 Å². The lowest BCUT2D eigenvalue weighted by Gasteiger charge is -2.05. The van der Waals surface area contributed by atoms with Crippen LogP contribution in [0.4, 0.5) is 0 Å². The van der Waals surface area contributed by atoms with Gasteiger partial charge in [-0.3, -0.25) is 0 Å². The first-order chi connectivity index (χ1) is 8.74. The molecule has 0 aromatic heterocycles. The van der Waals surface area contributed by atoms with Crippen molar-refractivity contribution < 1.29 is 0 Å². The fourth-order valence-electron chi connectivity index (χ4n) is 1.96. The van der Waals surface area contributed by atoms with Crippen LogP contribution in [0.2, 0.25) is 10.0 Å². The minimum atomic E-state index is 0.776. The molecule has 0 atom stereocenters. The summed E-state index contributed by atoms with van der Waals surface area (Å²) in [6.45, 7) is 4.48. The van der Waals surface area contributed by atoms with Crippen LogP contribution in [0.15, 0.2) is 18.2 Å². The molecule has 0 saturated heterocycles. The summed E-state index contributed by atoms with van der Waals surface area (Å²) in [6.07, 6.45) is 7.25. The normalized spacial score (nSPS) is 10.8. The molecule has 0 spiro atoms. The average molecular weight is 288 g/mol. The van der Waals surface area contributed by atoms with E-state index in [2.05, 4.69) is 12.2 Å². The molecule has 0 saturated carbocycles. The van der Waals surface area contributed by atoms with Gasteiger partial charge in [-0.05, 0) is 62.5 Å². The standard InChI is InChI=1S/C15H23Cl2N/c1-2-10-18-11-6-4-3-5-7-13-12-14(16)8-9-15(13)17/h8-9,12,18H,2-7,10-11H2,1H3. The van der Waals surface area contributed by atoms with E-state index in [1.165, 1.54) is 37.7 Å². The van der Waals surface area contributed by atoms with Crippen LogP contribution in [0.3, 0.4) is 0 Å². The second-order valence-corrected chi connectivity index (χ2v) is 5.49. The van der Waals surface area contributed by atoms with E-state index in [0.29, 0.717) is 0 Å². The van der Waals surface area contributed by atoms with Gasteiger partial charge < -0.3 is 5.32 Å². The van der Waals surface area contributed by atoms with E-state index >= 15 is 0 Å². The molecule has 1 aromatic carbocycles. The summed E-state index contributed by atoms with van der Waals surface area (Å²) < 4.78 is 0. The van der Waals surface area contributed by atoms with Gasteiger partial charge in [-0.15, -0.1) is 0 Å². The predicted octanol–water partition coefficient (Wildman–Crippen LogP) is 5.10. The fourth-order valence-corrected chi connectivity index (χ4v) is 2.36. The van der Waals surface area contributed by atoms with Gasteiger partial charge >= 0.3 is 0 Å². The van der Waals surface area contributed by atoms with Crippen LogP contribution in [0.5, 0.6) is 0 Å². The van der Waals surface area contributed by atoms with Gasteiger partial charge in [0.1, 0.15) is 0 Å². The number of rotatable bonds is 9. The number of benzene rings is 1. The van der Waals surface area contributed by atoms with Crippen LogP contribution in [-0.2, 0) is 6.42 Å². The number of halogens is 2. The summed E-state index contributed by atoms with van der Waals surface area (Å²) in [5.41, 5.74) is 1.17. The summed E-state index contributed by atoms with van der Waals surface area (Å²) in [6, 6.07) is 5.70. The molecule has 1 aromatic rings. The Balaban J connectivity index is 2.09. The molecule has 0 aliphatic carbocycles. The molecule has 0 radical (unpaired) electrons. The minimum Gasteiger partial charge on any atom is -0.317 e. The summed E-state index contributed by atoms with van der Waals surface area (Å²) in [7, 11) is 0. The van der Waals surface area contributed by atoms with Gasteiger partial charge in [-0.25, -0.2) is 0 Å². The van der Waals surface area contributed by atoms with Crippen molar-refractivity contribution in [1.82, 2.24) is 5.32 Å². The third kappa shape index (κ3) is 6.63. The lowest BCUT2D eigenvalue weighted by Crippen LogP contribution is -2.15. The van der Waals surface area contributed by atoms with E-state index in [0.717, 1.165) is 29.6 Å². The van der Waals surface area contributed by atoms with Crippen LogP contribution in [-0.4, -0.2) is 13.1 Å². The van der Waals surface area contributed by atoms with E-state index in [1.54, 1.807) is 0 Å². The van der Waals surface area contributed by atoms with Crippen molar-refractivity contribution in [3.05, 3.63) is 33.8 Å². The predicted molar refractivity (Wildman–Crippen MR) is 81.8 cm³/mol. The van der Waals surface area contributed by atoms with Gasteiger partial charge in [0.2, 0.25) is 0 Å². The molecule has 1 nitrogen and oxygen atoms in total. The third-order valence-corrected chi connectivity index (χ3v) is 3.59. The highest BCUT2D eigenvalue weighted by atomic mass is 35.5. The highest BCUT2D eigenvalue weighted by Crippen LogP contribution is 2.22. The van der Waals surface area contributed by atoms with Crippen molar-refractivity contribution in [2.75, 3.05) is 13.1 Å². The Bertz CT molecular complexity index is 339. The maximum Gasteiger partial charge on any atom is 0.0439 e. The van der Waals surface area contributed by atoms with E-state index in [4.69, 9.17) is 23.2 Å². The second-order valence-electron chi connectivity index (χ2n) is 4.65. The summed E-state index contributed by atoms with van der Waals surface area (Å²) >= 11 is 12.1. The molecular weight excluding hydrogens is 265 g/mol. The third-order valence-electron chi connectivity index (χ3n) is 2.98. The average Bonchev–Trinajstić information content (AvgIpc) is 2.36. The molecule has 0 bridgehead atoms. The molecule has 18 heavy (non-hydrogen) atoms. The second kappa shape index (κ2) is 9.66. The Morgan fingerprint density at radius 3 is 2.56 bits per heavy atom. The minimum absolute atomic E-state index is 0.776. The number of nitrogens with one attached hydrogen (secondary N) is 1. The molecule has 102 valence electrons. The first kappa shape index (κ1) is 15.8. The molecule has 1 rings (SSSR count). The maximum atomic E-state index is 6.12. The fraction of sp³-hybridized carbons (Fsp3) is 0.600. The SMILES string of the molecule is CCCNCCCCCCc1cc(Cl)ccc1Cl. The molecular formula is C15H23Cl2N. The van der Waals surface area contributed by atoms with Gasteiger partial charge in [-0.1, -0.05) is 43.0 Å². The summed E-state index contributed by atoms with van der Waals surface area (Å²) in [5.74, 6) is 0. The first-order valence-corrected chi connectivity index (χ1v) is 7.64. The largest absolute Gasteiger partial charge is 0.317 e. The van der Waals surface area contributed by atoms with E-state index < -0.39 is 0 Å². The zero-order valence-electron chi connectivity index (χ0n) is 11.1. The highest BCUT2D eigenvalue weighted by Gasteiger charge is 2.01. The summed E-state index contributed by atoms with van der Waals surface area (Å²) in [4.78, 5) is 0. The molecule has 1 N–H and O–H groups in total. The zero-order valence-corrected chi connectivity index (χ0v) is 12.7. The Hall–Kier alpha value is -0.240. The Labute approximate surface area is 121 Å². The molecule has 3 heteroatoms. The lowest BCUT2D eigenvalue weighted by atomic mass is 10.1. The van der Waals surface area contributed by atoms with E-state index in [-0.39, 0.29) is 0 Å².